The molecule has 0 fully saturated rings. The van der Waals surface area contributed by atoms with Gasteiger partial charge in [-0.1, -0.05) is 109 Å². The van der Waals surface area contributed by atoms with Crippen molar-refractivity contribution >= 4 is 69.3 Å². The molecule has 2 heterocycles. The van der Waals surface area contributed by atoms with Gasteiger partial charge in [0, 0.05) is 44.3 Å². The lowest BCUT2D eigenvalue weighted by molar-refractivity contribution is 0.0998. The molecule has 6 aromatic carbocycles. The summed E-state index contributed by atoms with van der Waals surface area (Å²) in [5.41, 5.74) is 19.5. The number of aromatic amines is 2. The van der Waals surface area contributed by atoms with Crippen LogP contribution in [0.1, 0.15) is 64.7 Å². The number of nitrogens with one attached hydrogen (secondary N) is 2. The summed E-state index contributed by atoms with van der Waals surface area (Å²) in [4.78, 5) is 36.8. The smallest absolute Gasteiger partial charge is 0.248 e. The van der Waals surface area contributed by atoms with Gasteiger partial charge >= 0.3 is 0 Å². The highest BCUT2D eigenvalue weighted by Gasteiger charge is 2.14. The molecule has 0 atom stereocenters. The van der Waals surface area contributed by atoms with Gasteiger partial charge in [-0.3, -0.25) is 24.6 Å². The van der Waals surface area contributed by atoms with Crippen molar-refractivity contribution in [3.05, 3.63) is 196 Å². The van der Waals surface area contributed by atoms with Crippen molar-refractivity contribution in [1.29, 1.82) is 0 Å². The number of rotatable bonds is 9. The van der Waals surface area contributed by atoms with Crippen LogP contribution in [0, 0.1) is 0 Å². The number of carbonyl (C=O) groups excluding carboxylic acids is 3. The molecule has 0 aliphatic carbocycles. The Hall–Kier alpha value is -7.65. The molecule has 0 unspecified atom stereocenters. The highest BCUT2D eigenvalue weighted by molar-refractivity contribution is 6.12. The van der Waals surface area contributed by atoms with Gasteiger partial charge in [0.1, 0.15) is 0 Å². The minimum absolute atomic E-state index is 0.0600. The number of hydrogen-bond acceptors (Lipinski definition) is 6. The van der Waals surface area contributed by atoms with E-state index in [1.165, 1.54) is 6.07 Å². The average Bonchev–Trinajstić information content (AvgIpc) is 3.82. The Labute approximate surface area is 310 Å². The molecule has 8 rings (SSSR count). The van der Waals surface area contributed by atoms with E-state index in [4.69, 9.17) is 11.5 Å². The zero-order chi connectivity index (χ0) is 37.4. The van der Waals surface area contributed by atoms with Crippen molar-refractivity contribution in [2.75, 3.05) is 5.73 Å². The Bertz CT molecular complexity index is 2690. The molecule has 0 saturated carbocycles. The number of aromatic nitrogens is 4. The maximum atomic E-state index is 12.8. The average molecular weight is 707 g/mol. The lowest BCUT2D eigenvalue weighted by atomic mass is 10.00. The van der Waals surface area contributed by atoms with Gasteiger partial charge in [-0.05, 0) is 71.8 Å². The molecule has 0 bridgehead atoms. The maximum absolute atomic E-state index is 12.8. The zero-order valence-corrected chi connectivity index (χ0v) is 28.9. The summed E-state index contributed by atoms with van der Waals surface area (Å²) in [6.45, 7) is 0. The summed E-state index contributed by atoms with van der Waals surface area (Å²) < 4.78 is 0. The molecule has 0 aliphatic rings. The van der Waals surface area contributed by atoms with E-state index in [-0.39, 0.29) is 11.6 Å². The molecular formula is C45H34N6O3. The van der Waals surface area contributed by atoms with Crippen LogP contribution in [0.2, 0.25) is 0 Å². The Balaban J connectivity index is 0.000000167. The summed E-state index contributed by atoms with van der Waals surface area (Å²) in [6.07, 6.45) is 7.91. The van der Waals surface area contributed by atoms with E-state index in [1.807, 2.05) is 109 Å². The number of primary amides is 1. The molecular weight excluding hydrogens is 673 g/mol. The Morgan fingerprint density at radius 1 is 0.463 bits per heavy atom. The number of carbonyl (C=O) groups is 3. The number of nitrogens with two attached hydrogens (primary N) is 2. The molecule has 0 saturated heterocycles. The number of ketones is 2. The van der Waals surface area contributed by atoms with Gasteiger partial charge in [-0.15, -0.1) is 0 Å². The van der Waals surface area contributed by atoms with Gasteiger partial charge in [0.15, 0.2) is 11.6 Å². The molecule has 8 aromatic rings. The fraction of sp³-hybridized carbons (Fsp3) is 0. The normalized spacial score (nSPS) is 11.2. The molecule has 262 valence electrons. The van der Waals surface area contributed by atoms with Crippen LogP contribution in [-0.2, 0) is 0 Å². The Morgan fingerprint density at radius 3 is 1.39 bits per heavy atom. The predicted octanol–water partition coefficient (Wildman–Crippen LogP) is 8.61. The van der Waals surface area contributed by atoms with E-state index < -0.39 is 5.91 Å². The highest BCUT2D eigenvalue weighted by Crippen LogP contribution is 2.23. The van der Waals surface area contributed by atoms with Crippen LogP contribution < -0.4 is 11.5 Å². The molecule has 9 heteroatoms. The molecule has 0 radical (unpaired) electrons. The number of H-pyrrole nitrogens is 2. The number of nitrogens with zero attached hydrogens (tertiary/aromatic N) is 2. The van der Waals surface area contributed by atoms with Gasteiger partial charge < -0.3 is 11.5 Å². The van der Waals surface area contributed by atoms with E-state index >= 15 is 0 Å². The summed E-state index contributed by atoms with van der Waals surface area (Å²) >= 11 is 0. The van der Waals surface area contributed by atoms with Crippen molar-refractivity contribution in [3.8, 4) is 0 Å². The Kier molecular flexibility index (Phi) is 10.1. The van der Waals surface area contributed by atoms with Crippen molar-refractivity contribution in [2.24, 2.45) is 5.73 Å². The number of benzene rings is 6. The highest BCUT2D eigenvalue weighted by atomic mass is 16.1. The van der Waals surface area contributed by atoms with Crippen LogP contribution in [0.15, 0.2) is 146 Å². The maximum Gasteiger partial charge on any atom is 0.248 e. The fourth-order valence-corrected chi connectivity index (χ4v) is 5.92. The fourth-order valence-electron chi connectivity index (χ4n) is 5.92. The number of nitrogen functional groups attached to an aromatic ring is 1. The quantitative estimate of drug-likeness (QED) is 0.0868. The predicted molar refractivity (Wildman–Crippen MR) is 216 cm³/mol. The first-order chi connectivity index (χ1) is 26.3. The number of anilines is 1. The summed E-state index contributed by atoms with van der Waals surface area (Å²) in [5, 5.41) is 16.6. The zero-order valence-electron chi connectivity index (χ0n) is 28.9. The van der Waals surface area contributed by atoms with E-state index in [1.54, 1.807) is 54.6 Å². The number of hydrogen-bond donors (Lipinski definition) is 4. The van der Waals surface area contributed by atoms with Crippen LogP contribution >= 0.6 is 0 Å². The monoisotopic (exact) mass is 706 g/mol. The first-order valence-electron chi connectivity index (χ1n) is 17.1. The topological polar surface area (TPSA) is 161 Å². The number of fused-ring (bicyclic) bond motifs is 2. The molecule has 2 aromatic heterocycles. The van der Waals surface area contributed by atoms with Crippen LogP contribution in [-0.4, -0.2) is 37.9 Å². The molecule has 9 nitrogen and oxygen atoms in total. The van der Waals surface area contributed by atoms with E-state index in [0.29, 0.717) is 33.5 Å². The summed E-state index contributed by atoms with van der Waals surface area (Å²) in [5.74, 6) is -0.801. The SMILES string of the molecule is NC(=O)c1cccc(C(=O)c2ccc3c(C=Cc4ccccc4)n[nH]c3c2)c1.Nc1cccc(C(=O)c2ccc3c(C=Cc4ccccc4)n[nH]c3c2)c1. The standard InChI is InChI=1S/C23H17N3O2.C22H17N3O/c24-23(28)18-8-4-7-16(13-18)22(27)17-10-11-19-20(25-26-21(19)14-17)12-9-15-5-2-1-3-6-15;23-18-8-4-7-16(13-18)22(26)17-10-11-19-20(24-25-21(19)14-17)12-9-15-5-2-1-3-6-15/h1-14H,(H2,24,28)(H,25,26);1-14H,23H2,(H,24,25). The van der Waals surface area contributed by atoms with E-state index in [0.717, 1.165) is 44.3 Å². The van der Waals surface area contributed by atoms with Crippen molar-refractivity contribution in [3.63, 3.8) is 0 Å². The molecule has 1 amide bonds. The summed E-state index contributed by atoms with van der Waals surface area (Å²) in [6, 6.07) is 44.4. The van der Waals surface area contributed by atoms with Gasteiger partial charge in [0.25, 0.3) is 0 Å². The first kappa shape index (κ1) is 34.8. The molecule has 6 N–H and O–H groups in total. The van der Waals surface area contributed by atoms with Crippen LogP contribution in [0.3, 0.4) is 0 Å². The number of amides is 1. The second-order valence-corrected chi connectivity index (χ2v) is 12.5. The van der Waals surface area contributed by atoms with Crippen molar-refractivity contribution in [1.82, 2.24) is 20.4 Å². The minimum atomic E-state index is -0.562. The van der Waals surface area contributed by atoms with Gasteiger partial charge in [0.2, 0.25) is 5.91 Å². The van der Waals surface area contributed by atoms with Gasteiger partial charge in [-0.2, -0.15) is 10.2 Å². The summed E-state index contributed by atoms with van der Waals surface area (Å²) in [7, 11) is 0. The Morgan fingerprint density at radius 2 is 0.907 bits per heavy atom. The molecule has 0 aliphatic heterocycles. The third-order valence-corrected chi connectivity index (χ3v) is 8.73. The first-order valence-corrected chi connectivity index (χ1v) is 17.1. The van der Waals surface area contributed by atoms with Crippen LogP contribution in [0.4, 0.5) is 5.69 Å². The van der Waals surface area contributed by atoms with Crippen LogP contribution in [0.25, 0.3) is 46.1 Å². The molecule has 54 heavy (non-hydrogen) atoms. The van der Waals surface area contributed by atoms with Gasteiger partial charge in [-0.25, -0.2) is 0 Å². The second kappa shape index (κ2) is 15.7. The largest absolute Gasteiger partial charge is 0.399 e. The third kappa shape index (κ3) is 7.96. The van der Waals surface area contributed by atoms with Crippen LogP contribution in [0.5, 0.6) is 0 Å². The van der Waals surface area contributed by atoms with Gasteiger partial charge in [0.05, 0.1) is 22.4 Å². The van der Waals surface area contributed by atoms with E-state index in [9.17, 15) is 14.4 Å². The second-order valence-electron chi connectivity index (χ2n) is 12.5. The lowest BCUT2D eigenvalue weighted by Gasteiger charge is -2.03. The lowest BCUT2D eigenvalue weighted by Crippen LogP contribution is -2.12. The van der Waals surface area contributed by atoms with E-state index in [2.05, 4.69) is 20.4 Å². The van der Waals surface area contributed by atoms with Crippen molar-refractivity contribution in [2.45, 2.75) is 0 Å². The van der Waals surface area contributed by atoms with Crippen molar-refractivity contribution < 1.29 is 14.4 Å². The third-order valence-electron chi connectivity index (χ3n) is 8.73. The minimum Gasteiger partial charge on any atom is -0.399 e. The molecule has 0 spiro atoms.